The number of ether oxygens (including phenoxy) is 2. The second-order valence-electron chi connectivity index (χ2n) is 7.73. The van der Waals surface area contributed by atoms with Gasteiger partial charge in [0.25, 0.3) is 5.91 Å². The number of hydroxylamine groups is 1. The van der Waals surface area contributed by atoms with Gasteiger partial charge in [-0.15, -0.1) is 0 Å². The van der Waals surface area contributed by atoms with Gasteiger partial charge >= 0.3 is 6.09 Å². The molecule has 4 rings (SSSR count). The molecule has 0 saturated heterocycles. The third kappa shape index (κ3) is 5.24. The van der Waals surface area contributed by atoms with Gasteiger partial charge in [0.05, 0.1) is 5.69 Å². The molecule has 2 atom stereocenters. The van der Waals surface area contributed by atoms with Gasteiger partial charge in [-0.1, -0.05) is 66.7 Å². The fourth-order valence-electron chi connectivity index (χ4n) is 3.97. The van der Waals surface area contributed by atoms with Crippen molar-refractivity contribution in [3.63, 3.8) is 0 Å². The minimum Gasteiger partial charge on any atom is -0.507 e. The van der Waals surface area contributed by atoms with Crippen LogP contribution in [0.1, 0.15) is 11.7 Å². The first-order chi connectivity index (χ1) is 17.0. The van der Waals surface area contributed by atoms with Gasteiger partial charge in [-0.25, -0.2) is 10.3 Å². The van der Waals surface area contributed by atoms with E-state index in [1.54, 1.807) is 36.4 Å². The van der Waals surface area contributed by atoms with Crippen LogP contribution in [0.2, 0.25) is 0 Å². The van der Waals surface area contributed by atoms with Crippen LogP contribution in [0.4, 0.5) is 10.5 Å². The number of carbonyl (C=O) groups is 2. The van der Waals surface area contributed by atoms with Crippen LogP contribution in [0.15, 0.2) is 91.0 Å². The van der Waals surface area contributed by atoms with Crippen LogP contribution >= 0.6 is 0 Å². The fourth-order valence-corrected chi connectivity index (χ4v) is 3.97. The number of carbonyl (C=O) groups excluding carboxylic acids is 2. The van der Waals surface area contributed by atoms with Crippen molar-refractivity contribution in [2.45, 2.75) is 12.2 Å². The number of methoxy groups -OCH3 is 1. The van der Waals surface area contributed by atoms with Gasteiger partial charge < -0.3 is 14.6 Å². The van der Waals surface area contributed by atoms with E-state index in [2.05, 4.69) is 5.32 Å². The Labute approximate surface area is 201 Å². The molecule has 0 spiro atoms. The van der Waals surface area contributed by atoms with E-state index in [1.807, 2.05) is 36.4 Å². The van der Waals surface area contributed by atoms with E-state index in [-0.39, 0.29) is 5.75 Å². The highest BCUT2D eigenvalue weighted by Gasteiger charge is 2.28. The maximum atomic E-state index is 13.1. The molecule has 8 heteroatoms. The molecule has 0 aromatic heterocycles. The van der Waals surface area contributed by atoms with Crippen LogP contribution in [-0.2, 0) is 14.3 Å². The van der Waals surface area contributed by atoms with E-state index in [4.69, 9.17) is 14.7 Å². The van der Waals surface area contributed by atoms with Crippen molar-refractivity contribution >= 4 is 39.2 Å². The van der Waals surface area contributed by atoms with Gasteiger partial charge in [-0.3, -0.25) is 15.3 Å². The normalized spacial score (nSPS) is 13.0. The molecule has 0 aliphatic carbocycles. The second kappa shape index (κ2) is 10.7. The molecule has 4 aromatic rings. The topological polar surface area (TPSA) is 117 Å². The fraction of sp³-hybridized carbons (Fsp3) is 0.111. The molecule has 0 aliphatic rings. The molecule has 0 saturated carbocycles. The zero-order valence-corrected chi connectivity index (χ0v) is 18.8. The SMILES string of the molecule is CO[C@@H](/C=C/C(=O)NO)[C@@H](OC(=O)Nc1cccc2ccccc12)c1ccc(O)c2ccccc12. The van der Waals surface area contributed by atoms with Crippen molar-refractivity contribution in [2.75, 3.05) is 12.4 Å². The summed E-state index contributed by atoms with van der Waals surface area (Å²) >= 11 is 0. The molecule has 35 heavy (non-hydrogen) atoms. The number of rotatable bonds is 7. The number of amides is 2. The third-order valence-corrected chi connectivity index (χ3v) is 5.62. The molecule has 0 unspecified atom stereocenters. The highest BCUT2D eigenvalue weighted by Crippen LogP contribution is 2.35. The quantitative estimate of drug-likeness (QED) is 0.170. The van der Waals surface area contributed by atoms with Gasteiger partial charge in [-0.2, -0.15) is 0 Å². The summed E-state index contributed by atoms with van der Waals surface area (Å²) in [6.07, 6.45) is -0.161. The maximum absolute atomic E-state index is 13.1. The molecule has 4 N–H and O–H groups in total. The number of fused-ring (bicyclic) bond motifs is 2. The molecule has 178 valence electrons. The molecular formula is C27H24N2O6. The molecule has 8 nitrogen and oxygen atoms in total. The van der Waals surface area contributed by atoms with Crippen LogP contribution in [-0.4, -0.2) is 35.5 Å². The van der Waals surface area contributed by atoms with Crippen LogP contribution < -0.4 is 10.8 Å². The Balaban J connectivity index is 1.72. The van der Waals surface area contributed by atoms with Gasteiger partial charge in [0.2, 0.25) is 0 Å². The first-order valence-corrected chi connectivity index (χ1v) is 10.8. The molecule has 2 amide bonds. The number of anilines is 1. The Hall–Kier alpha value is -4.40. The number of phenolic OH excluding ortho intramolecular Hbond substituents is 1. The summed E-state index contributed by atoms with van der Waals surface area (Å²) in [6.45, 7) is 0. The predicted molar refractivity (Wildman–Crippen MR) is 132 cm³/mol. The van der Waals surface area contributed by atoms with Crippen molar-refractivity contribution in [3.8, 4) is 5.75 Å². The Kier molecular flexibility index (Phi) is 7.25. The van der Waals surface area contributed by atoms with E-state index in [1.165, 1.54) is 24.7 Å². The lowest BCUT2D eigenvalue weighted by atomic mass is 9.96. The Morgan fingerprint density at radius 3 is 2.31 bits per heavy atom. The highest BCUT2D eigenvalue weighted by atomic mass is 16.6. The number of aromatic hydroxyl groups is 1. The van der Waals surface area contributed by atoms with E-state index in [9.17, 15) is 14.7 Å². The molecule has 0 bridgehead atoms. The Morgan fingerprint density at radius 1 is 0.886 bits per heavy atom. The van der Waals surface area contributed by atoms with Crippen molar-refractivity contribution < 1.29 is 29.4 Å². The molecule has 0 aliphatic heterocycles. The summed E-state index contributed by atoms with van der Waals surface area (Å²) in [4.78, 5) is 24.7. The van der Waals surface area contributed by atoms with Crippen LogP contribution in [0, 0.1) is 0 Å². The summed E-state index contributed by atoms with van der Waals surface area (Å²) in [5, 5.41) is 25.0. The number of nitrogens with one attached hydrogen (secondary N) is 2. The van der Waals surface area contributed by atoms with Crippen LogP contribution in [0.3, 0.4) is 0 Å². The lowest BCUT2D eigenvalue weighted by molar-refractivity contribution is -0.124. The van der Waals surface area contributed by atoms with Crippen LogP contribution in [0.25, 0.3) is 21.5 Å². The van der Waals surface area contributed by atoms with Crippen molar-refractivity contribution in [1.82, 2.24) is 5.48 Å². The highest BCUT2D eigenvalue weighted by molar-refractivity contribution is 6.00. The van der Waals surface area contributed by atoms with E-state index >= 15 is 0 Å². The average Bonchev–Trinajstić information content (AvgIpc) is 2.89. The minimum atomic E-state index is -0.997. The zero-order valence-electron chi connectivity index (χ0n) is 18.8. The predicted octanol–water partition coefficient (Wildman–Crippen LogP) is 5.07. The lowest BCUT2D eigenvalue weighted by Gasteiger charge is -2.26. The molecule has 0 fully saturated rings. The first-order valence-electron chi connectivity index (χ1n) is 10.8. The number of hydrogen-bond donors (Lipinski definition) is 4. The zero-order chi connectivity index (χ0) is 24.8. The van der Waals surface area contributed by atoms with Gasteiger partial charge in [0.15, 0.2) is 6.10 Å². The van der Waals surface area contributed by atoms with Gasteiger partial charge in [0.1, 0.15) is 11.9 Å². The molecule has 0 radical (unpaired) electrons. The monoisotopic (exact) mass is 472 g/mol. The van der Waals surface area contributed by atoms with E-state index in [0.717, 1.165) is 16.8 Å². The summed E-state index contributed by atoms with van der Waals surface area (Å²) in [5.74, 6) is -0.686. The molecule has 4 aromatic carbocycles. The Bertz CT molecular complexity index is 1400. The van der Waals surface area contributed by atoms with Crippen LogP contribution in [0.5, 0.6) is 5.75 Å². The summed E-state index contributed by atoms with van der Waals surface area (Å²) in [7, 11) is 1.41. The Morgan fingerprint density at radius 2 is 1.57 bits per heavy atom. The first kappa shape index (κ1) is 23.7. The third-order valence-electron chi connectivity index (χ3n) is 5.62. The van der Waals surface area contributed by atoms with Crippen molar-refractivity contribution in [3.05, 3.63) is 96.6 Å². The van der Waals surface area contributed by atoms with Gasteiger partial charge in [0, 0.05) is 29.5 Å². The number of benzene rings is 4. The largest absolute Gasteiger partial charge is 0.507 e. The summed E-state index contributed by atoms with van der Waals surface area (Å²) in [6, 6.07) is 23.4. The number of hydrogen-bond acceptors (Lipinski definition) is 6. The second-order valence-corrected chi connectivity index (χ2v) is 7.73. The lowest BCUT2D eigenvalue weighted by Crippen LogP contribution is -2.27. The van der Waals surface area contributed by atoms with Crippen molar-refractivity contribution in [1.29, 1.82) is 0 Å². The maximum Gasteiger partial charge on any atom is 0.412 e. The number of phenols is 1. The summed E-state index contributed by atoms with van der Waals surface area (Å²) < 4.78 is 11.4. The van der Waals surface area contributed by atoms with Crippen molar-refractivity contribution in [2.24, 2.45) is 0 Å². The summed E-state index contributed by atoms with van der Waals surface area (Å²) in [5.41, 5.74) is 2.65. The minimum absolute atomic E-state index is 0.0764. The standard InChI is InChI=1S/C27H24N2O6/c1-34-24(15-16-25(31)29-33)26(21-13-14-23(30)20-11-5-4-10-19(20)21)35-27(32)28-22-12-6-8-17-7-2-3-9-18(17)22/h2-16,24,26,30,33H,1H3,(H,28,32)(H,29,31)/b16-15+/t24-,26-/m0/s1. The van der Waals surface area contributed by atoms with Gasteiger partial charge in [-0.05, 0) is 29.0 Å². The molecular weight excluding hydrogens is 448 g/mol. The van der Waals surface area contributed by atoms with E-state index in [0.29, 0.717) is 22.0 Å². The molecule has 0 heterocycles. The smallest absolute Gasteiger partial charge is 0.412 e. The van der Waals surface area contributed by atoms with E-state index < -0.39 is 24.2 Å². The average molecular weight is 472 g/mol.